The molecule has 0 saturated carbocycles. The van der Waals surface area contributed by atoms with Crippen molar-refractivity contribution in [3.05, 3.63) is 78.1 Å². The average molecular weight is 362 g/mol. The van der Waals surface area contributed by atoms with Gasteiger partial charge in [-0.2, -0.15) is 0 Å². The van der Waals surface area contributed by atoms with Crippen LogP contribution < -0.4 is 10.1 Å². The molecule has 4 rings (SSSR count). The van der Waals surface area contributed by atoms with Crippen LogP contribution in [0.25, 0.3) is 22.6 Å². The molecule has 1 N–H and O–H groups in total. The summed E-state index contributed by atoms with van der Waals surface area (Å²) < 4.78 is 23.9. The number of halogens is 1. The standard InChI is InChI=1S/C21H15FN2O3/c1-26-17-9-4-13(5-10-17)20(25)23-16-8-11-19-18(12-16)24-21(27-19)14-2-6-15(22)7-3-14/h2-12H,1H3,(H,23,25). The summed E-state index contributed by atoms with van der Waals surface area (Å²) in [6.45, 7) is 0. The van der Waals surface area contributed by atoms with Crippen LogP contribution in [0.4, 0.5) is 10.1 Å². The quantitative estimate of drug-likeness (QED) is 0.561. The topological polar surface area (TPSA) is 64.4 Å². The van der Waals surface area contributed by atoms with Crippen molar-refractivity contribution in [3.63, 3.8) is 0 Å². The maximum absolute atomic E-state index is 13.1. The molecule has 5 nitrogen and oxygen atoms in total. The van der Waals surface area contributed by atoms with E-state index in [9.17, 15) is 9.18 Å². The van der Waals surface area contributed by atoms with Crippen molar-refractivity contribution in [2.24, 2.45) is 0 Å². The number of fused-ring (bicyclic) bond motifs is 1. The van der Waals surface area contributed by atoms with E-state index >= 15 is 0 Å². The molecule has 3 aromatic carbocycles. The molecule has 0 aliphatic carbocycles. The number of oxazole rings is 1. The second-order valence-electron chi connectivity index (χ2n) is 5.89. The molecule has 0 radical (unpaired) electrons. The maximum Gasteiger partial charge on any atom is 0.255 e. The number of ether oxygens (including phenoxy) is 1. The van der Waals surface area contributed by atoms with E-state index in [1.165, 1.54) is 12.1 Å². The summed E-state index contributed by atoms with van der Waals surface area (Å²) in [6.07, 6.45) is 0. The first-order valence-corrected chi connectivity index (χ1v) is 8.24. The van der Waals surface area contributed by atoms with Crippen LogP contribution in [-0.4, -0.2) is 18.0 Å². The molecule has 1 amide bonds. The second kappa shape index (κ2) is 6.92. The van der Waals surface area contributed by atoms with Gasteiger partial charge in [-0.3, -0.25) is 4.79 Å². The van der Waals surface area contributed by atoms with Crippen LogP contribution >= 0.6 is 0 Å². The number of anilines is 1. The third-order valence-electron chi connectivity index (χ3n) is 4.09. The van der Waals surface area contributed by atoms with Crippen LogP contribution in [0, 0.1) is 5.82 Å². The largest absolute Gasteiger partial charge is 0.497 e. The lowest BCUT2D eigenvalue weighted by molar-refractivity contribution is 0.102. The zero-order chi connectivity index (χ0) is 18.8. The lowest BCUT2D eigenvalue weighted by atomic mass is 10.2. The Morgan fingerprint density at radius 1 is 1.04 bits per heavy atom. The highest BCUT2D eigenvalue weighted by molar-refractivity contribution is 6.05. The van der Waals surface area contributed by atoms with E-state index in [4.69, 9.17) is 9.15 Å². The Bertz CT molecular complexity index is 1100. The highest BCUT2D eigenvalue weighted by Gasteiger charge is 2.11. The molecule has 0 aliphatic heterocycles. The van der Waals surface area contributed by atoms with Gasteiger partial charge in [-0.15, -0.1) is 0 Å². The molecule has 0 atom stereocenters. The van der Waals surface area contributed by atoms with Gasteiger partial charge < -0.3 is 14.5 Å². The number of carbonyl (C=O) groups excluding carboxylic acids is 1. The Morgan fingerprint density at radius 2 is 1.78 bits per heavy atom. The van der Waals surface area contributed by atoms with Crippen molar-refractivity contribution in [2.75, 3.05) is 12.4 Å². The fourth-order valence-electron chi connectivity index (χ4n) is 2.67. The molecule has 0 fully saturated rings. The molecule has 4 aromatic rings. The summed E-state index contributed by atoms with van der Waals surface area (Å²) in [5.74, 6) is 0.519. The van der Waals surface area contributed by atoms with E-state index < -0.39 is 0 Å². The van der Waals surface area contributed by atoms with Gasteiger partial charge in [0.25, 0.3) is 5.91 Å². The predicted molar refractivity (Wildman–Crippen MR) is 100 cm³/mol. The van der Waals surface area contributed by atoms with Crippen LogP contribution in [0.5, 0.6) is 5.75 Å². The van der Waals surface area contributed by atoms with Crippen molar-refractivity contribution in [1.29, 1.82) is 0 Å². The molecule has 1 heterocycles. The number of aromatic nitrogens is 1. The number of rotatable bonds is 4. The maximum atomic E-state index is 13.1. The Balaban J connectivity index is 1.57. The van der Waals surface area contributed by atoms with Gasteiger partial charge in [0.2, 0.25) is 5.89 Å². The average Bonchev–Trinajstić information content (AvgIpc) is 3.12. The fraction of sp³-hybridized carbons (Fsp3) is 0.0476. The molecule has 0 bridgehead atoms. The van der Waals surface area contributed by atoms with Crippen molar-refractivity contribution < 1.29 is 18.3 Å². The van der Waals surface area contributed by atoms with E-state index in [0.29, 0.717) is 39.6 Å². The van der Waals surface area contributed by atoms with Crippen LogP contribution in [0.1, 0.15) is 10.4 Å². The van der Waals surface area contributed by atoms with Crippen molar-refractivity contribution >= 4 is 22.7 Å². The van der Waals surface area contributed by atoms with Crippen LogP contribution in [-0.2, 0) is 0 Å². The Morgan fingerprint density at radius 3 is 2.48 bits per heavy atom. The normalized spacial score (nSPS) is 10.7. The Labute approximate surface area is 154 Å². The number of benzene rings is 3. The van der Waals surface area contributed by atoms with E-state index in [2.05, 4.69) is 10.3 Å². The second-order valence-corrected chi connectivity index (χ2v) is 5.89. The zero-order valence-corrected chi connectivity index (χ0v) is 14.4. The fourth-order valence-corrected chi connectivity index (χ4v) is 2.67. The van der Waals surface area contributed by atoms with Gasteiger partial charge in [-0.05, 0) is 66.7 Å². The Kier molecular flexibility index (Phi) is 4.30. The Hall–Kier alpha value is -3.67. The molecular weight excluding hydrogens is 347 g/mol. The van der Waals surface area contributed by atoms with Crippen LogP contribution in [0.15, 0.2) is 71.1 Å². The van der Waals surface area contributed by atoms with Gasteiger partial charge in [-0.1, -0.05) is 0 Å². The molecule has 134 valence electrons. The SMILES string of the molecule is COc1ccc(C(=O)Nc2ccc3oc(-c4ccc(F)cc4)nc3c2)cc1. The number of nitrogens with one attached hydrogen (secondary N) is 1. The third-order valence-corrected chi connectivity index (χ3v) is 4.09. The lowest BCUT2D eigenvalue weighted by Gasteiger charge is -2.06. The van der Waals surface area contributed by atoms with Crippen molar-refractivity contribution in [2.45, 2.75) is 0 Å². The van der Waals surface area contributed by atoms with Crippen LogP contribution in [0.2, 0.25) is 0 Å². The van der Waals surface area contributed by atoms with Crippen LogP contribution in [0.3, 0.4) is 0 Å². The van der Waals surface area contributed by atoms with Crippen molar-refractivity contribution in [1.82, 2.24) is 4.98 Å². The van der Waals surface area contributed by atoms with E-state index in [0.717, 1.165) is 0 Å². The third kappa shape index (κ3) is 3.50. The molecule has 6 heteroatoms. The first-order valence-electron chi connectivity index (χ1n) is 8.24. The molecular formula is C21H15FN2O3. The summed E-state index contributed by atoms with van der Waals surface area (Å²) in [7, 11) is 1.57. The van der Waals surface area contributed by atoms with Crippen molar-refractivity contribution in [3.8, 4) is 17.2 Å². The van der Waals surface area contributed by atoms with Gasteiger partial charge in [0.15, 0.2) is 5.58 Å². The summed E-state index contributed by atoms with van der Waals surface area (Å²) in [5, 5.41) is 2.83. The minimum Gasteiger partial charge on any atom is -0.497 e. The number of hydrogen-bond acceptors (Lipinski definition) is 4. The first kappa shape index (κ1) is 16.8. The number of amides is 1. The lowest BCUT2D eigenvalue weighted by Crippen LogP contribution is -2.11. The van der Waals surface area contributed by atoms with E-state index in [1.807, 2.05) is 0 Å². The number of hydrogen-bond donors (Lipinski definition) is 1. The minimum absolute atomic E-state index is 0.237. The molecule has 1 aromatic heterocycles. The van der Waals surface area contributed by atoms with Gasteiger partial charge in [0.05, 0.1) is 7.11 Å². The van der Waals surface area contributed by atoms with E-state index in [1.54, 1.807) is 61.7 Å². The molecule has 0 saturated heterocycles. The zero-order valence-electron chi connectivity index (χ0n) is 14.4. The number of methoxy groups -OCH3 is 1. The smallest absolute Gasteiger partial charge is 0.255 e. The monoisotopic (exact) mass is 362 g/mol. The molecule has 0 unspecified atom stereocenters. The molecule has 27 heavy (non-hydrogen) atoms. The summed E-state index contributed by atoms with van der Waals surface area (Å²) in [4.78, 5) is 16.8. The number of carbonyl (C=O) groups is 1. The van der Waals surface area contributed by atoms with Gasteiger partial charge in [-0.25, -0.2) is 9.37 Å². The summed E-state index contributed by atoms with van der Waals surface area (Å²) in [6, 6.07) is 17.9. The first-order chi connectivity index (χ1) is 13.1. The van der Waals surface area contributed by atoms with Gasteiger partial charge in [0.1, 0.15) is 17.1 Å². The predicted octanol–water partition coefficient (Wildman–Crippen LogP) is 4.89. The van der Waals surface area contributed by atoms with E-state index in [-0.39, 0.29) is 11.7 Å². The molecule has 0 aliphatic rings. The van der Waals surface area contributed by atoms with Gasteiger partial charge >= 0.3 is 0 Å². The minimum atomic E-state index is -0.321. The van der Waals surface area contributed by atoms with Gasteiger partial charge in [0, 0.05) is 16.8 Å². The molecule has 0 spiro atoms. The number of nitrogens with zero attached hydrogens (tertiary/aromatic N) is 1. The summed E-state index contributed by atoms with van der Waals surface area (Å²) >= 11 is 0. The summed E-state index contributed by atoms with van der Waals surface area (Å²) in [5.41, 5.74) is 2.97. The highest BCUT2D eigenvalue weighted by Crippen LogP contribution is 2.26. The highest BCUT2D eigenvalue weighted by atomic mass is 19.1.